The van der Waals surface area contributed by atoms with Crippen LogP contribution in [0.1, 0.15) is 59.1 Å². The molecule has 7 atom stereocenters. The van der Waals surface area contributed by atoms with E-state index in [0.29, 0.717) is 47.0 Å². The van der Waals surface area contributed by atoms with Gasteiger partial charge in [0, 0.05) is 87.6 Å². The summed E-state index contributed by atoms with van der Waals surface area (Å²) in [4.78, 5) is 96.0. The molecule has 5 amide bonds. The van der Waals surface area contributed by atoms with Gasteiger partial charge in [-0.25, -0.2) is 44.6 Å². The number of aromatic nitrogens is 4. The van der Waals surface area contributed by atoms with Gasteiger partial charge in [0.15, 0.2) is 34.7 Å². The molecule has 113 heavy (non-hydrogen) atoms. The van der Waals surface area contributed by atoms with E-state index in [2.05, 4.69) is 20.2 Å². The quantitative estimate of drug-likeness (QED) is 0.0150. The maximum Gasteiger partial charge on any atom is 0.312 e. The highest BCUT2D eigenvalue weighted by Gasteiger charge is 2.66. The fourth-order valence-electron chi connectivity index (χ4n) is 15.1. The number of anilines is 1. The van der Waals surface area contributed by atoms with Gasteiger partial charge >= 0.3 is 5.97 Å². The Balaban J connectivity index is 0.000000150. The van der Waals surface area contributed by atoms with Crippen molar-refractivity contribution in [1.82, 2.24) is 46.2 Å². The highest BCUT2D eigenvalue weighted by atomic mass is 35.5. The average molecular weight is 1560 g/mol. The van der Waals surface area contributed by atoms with E-state index >= 15 is 4.39 Å². The monoisotopic (exact) mass is 1560 g/mol. The molecule has 11 aromatic rings. The number of carbonyl (C=O) groups excluding carboxylic acids is 6. The number of ether oxygens (including phenoxy) is 4. The van der Waals surface area contributed by atoms with Crippen LogP contribution in [-0.2, 0) is 72.6 Å². The SMILES string of the molecule is CN(C)C1CCN(C(=O)[C@@]2(Cc3ccc(OCc4cc(-c5ccncc5)nc5ccccc45)c(F)c3)C[C@@H]2C(=O)NO)C1.CNc1cc(COc2ccc(C[C@]3(C(=O)OC)C[C@@H]3C(=O)NO)cc2F)c2ccccc2n1.NC(=O)[C@@]1(Cc2ccc(OCc3cc(-c4ccc(Cl)cc4)nc4ccccc34)c(F)c2)C[C@@H]1C(=O)NO. The number of likely N-dealkylation sites (N-methyl/N-ethyl adjacent to an activating group) is 1. The van der Waals surface area contributed by atoms with Gasteiger partial charge in [0.25, 0.3) is 0 Å². The summed E-state index contributed by atoms with van der Waals surface area (Å²) in [7, 11) is 6.97. The third-order valence-corrected chi connectivity index (χ3v) is 21.9. The van der Waals surface area contributed by atoms with Crippen molar-refractivity contribution in [1.29, 1.82) is 0 Å². The van der Waals surface area contributed by atoms with Crippen LogP contribution in [0.5, 0.6) is 17.2 Å². The van der Waals surface area contributed by atoms with Crippen molar-refractivity contribution in [2.45, 2.75) is 70.8 Å². The average Bonchev–Trinajstić information content (AvgIpc) is 1.68. The van der Waals surface area contributed by atoms with Crippen molar-refractivity contribution in [3.8, 4) is 39.8 Å². The van der Waals surface area contributed by atoms with Gasteiger partial charge < -0.3 is 39.8 Å². The smallest absolute Gasteiger partial charge is 0.312 e. The largest absolute Gasteiger partial charge is 0.486 e. The van der Waals surface area contributed by atoms with Gasteiger partial charge in [-0.15, -0.1) is 0 Å². The molecule has 7 aromatic carbocycles. The molecule has 1 saturated heterocycles. The molecule has 0 radical (unpaired) electrons. The summed E-state index contributed by atoms with van der Waals surface area (Å²) in [6, 6.07) is 53.6. The summed E-state index contributed by atoms with van der Waals surface area (Å²) < 4.78 is 67.6. The van der Waals surface area contributed by atoms with Crippen molar-refractivity contribution in [3.05, 3.63) is 250 Å². The Labute approximate surface area is 652 Å². The van der Waals surface area contributed by atoms with Crippen LogP contribution in [0.2, 0.25) is 5.02 Å². The van der Waals surface area contributed by atoms with Crippen molar-refractivity contribution in [3.63, 3.8) is 0 Å². The van der Waals surface area contributed by atoms with E-state index in [1.165, 1.54) is 37.4 Å². The van der Waals surface area contributed by atoms with Crippen LogP contribution in [0.15, 0.2) is 194 Å². The van der Waals surface area contributed by atoms with Crippen LogP contribution in [0.25, 0.3) is 55.2 Å². The number of esters is 1. The molecule has 28 heteroatoms. The zero-order chi connectivity index (χ0) is 79.9. The second kappa shape index (κ2) is 33.8. The fourth-order valence-corrected chi connectivity index (χ4v) is 15.3. The predicted molar refractivity (Wildman–Crippen MR) is 413 cm³/mol. The standard InChI is InChI=1S/C33H34FN5O4.C28H23ClFN3O4.C24H24FN3O5/c1-38(2)24-11-14-39(19-24)32(41)33(18-26(33)31(40)37-42)17-21-7-8-30(27(34)15-21)43-20-23-16-29(22-9-12-35-13-10-22)36-28-6-4-3-5-25(23)28;29-19-8-6-17(7-9-19)24-12-18(20-3-1-2-4-23(20)32-24)15-37-25-10-5-16(11-22(25)30)13-28(27(31)35)14-21(28)26(34)33-36;1-26-21-10-15(16-5-3-4-6-19(16)27-21)13-33-20-8-7-14(9-18(20)25)11-24(23(30)32-2)12-17(24)22(29)28-31/h3-10,12-13,15-16,24,26,42H,11,14,17-20H2,1-2H3,(H,37,40);1-12,21,36H,13-15H2,(H2,31,35)(H,33,34);3-10,17,31H,11-13H2,1-2H3,(H,26,27)(H,28,29)/t24?,26-,33+;21-,28+;17-,24+/m111/s1. The first kappa shape index (κ1) is 79.0. The molecule has 4 aliphatic rings. The van der Waals surface area contributed by atoms with E-state index < -0.39 is 81.0 Å². The first-order valence-electron chi connectivity index (χ1n) is 36.4. The lowest BCUT2D eigenvalue weighted by Gasteiger charge is -2.25. The molecule has 582 valence electrons. The predicted octanol–water partition coefficient (Wildman–Crippen LogP) is 12.3. The van der Waals surface area contributed by atoms with Gasteiger partial charge in [-0.05, 0) is 173 Å². The van der Waals surface area contributed by atoms with Gasteiger partial charge in [0.05, 0.1) is 69.0 Å². The zero-order valence-corrected chi connectivity index (χ0v) is 62.7. The molecular weight excluding hydrogens is 1480 g/mol. The van der Waals surface area contributed by atoms with Gasteiger partial charge in [-0.1, -0.05) is 96.5 Å². The third-order valence-electron chi connectivity index (χ3n) is 21.7. The van der Waals surface area contributed by atoms with E-state index in [4.69, 9.17) is 56.7 Å². The Hall–Kier alpha value is -12.1. The molecule has 1 unspecified atom stereocenters. The summed E-state index contributed by atoms with van der Waals surface area (Å²) in [5, 5.41) is 33.4. The van der Waals surface area contributed by atoms with E-state index in [9.17, 15) is 42.8 Å². The number of pyridine rings is 4. The van der Waals surface area contributed by atoms with E-state index in [-0.39, 0.29) is 81.1 Å². The zero-order valence-electron chi connectivity index (χ0n) is 62.0. The Morgan fingerprint density at radius 1 is 0.540 bits per heavy atom. The van der Waals surface area contributed by atoms with Crippen molar-refractivity contribution < 1.29 is 76.5 Å². The molecule has 4 aromatic heterocycles. The van der Waals surface area contributed by atoms with Crippen LogP contribution in [0.3, 0.4) is 0 Å². The number of rotatable bonds is 25. The molecule has 0 bridgehead atoms. The molecule has 24 nitrogen and oxygen atoms in total. The van der Waals surface area contributed by atoms with Crippen LogP contribution < -0.4 is 41.7 Å². The number of hydrogen-bond donors (Lipinski definition) is 8. The number of para-hydroxylation sites is 3. The van der Waals surface area contributed by atoms with Crippen molar-refractivity contribution >= 4 is 85.6 Å². The number of benzene rings is 7. The number of amides is 5. The van der Waals surface area contributed by atoms with E-state index in [0.717, 1.165) is 78.3 Å². The number of hydrogen-bond acceptors (Lipinski definition) is 19. The number of primary amides is 1. The van der Waals surface area contributed by atoms with Crippen LogP contribution >= 0.6 is 11.6 Å². The first-order valence-corrected chi connectivity index (χ1v) is 36.8. The number of methoxy groups -OCH3 is 1. The second-order valence-corrected chi connectivity index (χ2v) is 29.4. The van der Waals surface area contributed by atoms with E-state index in [1.807, 2.05) is 129 Å². The molecule has 0 spiro atoms. The summed E-state index contributed by atoms with van der Waals surface area (Å²) in [6.07, 6.45) is 5.36. The van der Waals surface area contributed by atoms with Gasteiger partial charge in [-0.2, -0.15) is 0 Å². The minimum Gasteiger partial charge on any atom is -0.486 e. The van der Waals surface area contributed by atoms with Gasteiger partial charge in [-0.3, -0.25) is 49.4 Å². The Kier molecular flexibility index (Phi) is 23.6. The highest BCUT2D eigenvalue weighted by Crippen LogP contribution is 2.58. The number of nitrogens with one attached hydrogen (secondary N) is 4. The molecule has 3 saturated carbocycles. The molecule has 4 fully saturated rings. The Morgan fingerprint density at radius 3 is 1.38 bits per heavy atom. The van der Waals surface area contributed by atoms with Gasteiger partial charge in [0.2, 0.25) is 29.5 Å². The van der Waals surface area contributed by atoms with Crippen LogP contribution in [-0.4, -0.2) is 128 Å². The molecule has 5 heterocycles. The summed E-state index contributed by atoms with van der Waals surface area (Å²) in [5.41, 5.74) is 16.9. The van der Waals surface area contributed by atoms with Gasteiger partial charge in [0.1, 0.15) is 25.6 Å². The lowest BCUT2D eigenvalue weighted by molar-refractivity contribution is -0.149. The topological polar surface area (TPSA) is 332 Å². The number of hydroxylamine groups is 3. The molecule has 15 rings (SSSR count). The number of nitrogens with two attached hydrogens (primary N) is 1. The van der Waals surface area contributed by atoms with Crippen LogP contribution in [0, 0.1) is 51.5 Å². The molecule has 3 aliphatic carbocycles. The number of halogens is 4. The number of likely N-dealkylation sites (tertiary alicyclic amines) is 1. The van der Waals surface area contributed by atoms with E-state index in [1.54, 1.807) is 77.2 Å². The number of fused-ring (bicyclic) bond motifs is 3. The van der Waals surface area contributed by atoms with Crippen molar-refractivity contribution in [2.24, 2.45) is 39.7 Å². The maximum atomic E-state index is 15.4. The Bertz CT molecular complexity index is 5440. The number of nitrogens with zero attached hydrogens (tertiary/aromatic N) is 6. The summed E-state index contributed by atoms with van der Waals surface area (Å²) >= 11 is 6.02. The summed E-state index contributed by atoms with van der Waals surface area (Å²) in [6.45, 7) is 1.54. The highest BCUT2D eigenvalue weighted by molar-refractivity contribution is 6.30. The Morgan fingerprint density at radius 2 is 0.947 bits per heavy atom. The van der Waals surface area contributed by atoms with Crippen LogP contribution in [0.4, 0.5) is 19.0 Å². The maximum absolute atomic E-state index is 15.4. The van der Waals surface area contributed by atoms with Crippen molar-refractivity contribution in [2.75, 3.05) is 46.7 Å². The molecule has 9 N–H and O–H groups in total. The number of carbonyl (C=O) groups is 6. The lowest BCUT2D eigenvalue weighted by Crippen LogP contribution is -2.41. The normalized spacial score (nSPS) is 19.7. The molecule has 1 aliphatic heterocycles. The fraction of sp³-hybridized carbons (Fsp3) is 0.271. The first-order chi connectivity index (χ1) is 54.5. The lowest BCUT2D eigenvalue weighted by atomic mass is 9.91. The minimum atomic E-state index is -1.14. The summed E-state index contributed by atoms with van der Waals surface area (Å²) in [5.74, 6) is -6.27. The minimum absolute atomic E-state index is 0.0475. The molecular formula is C85H81ClF3N11O13. The second-order valence-electron chi connectivity index (χ2n) is 28.9. The third kappa shape index (κ3) is 17.2.